The lowest BCUT2D eigenvalue weighted by Crippen LogP contribution is -2.34. The van der Waals surface area contributed by atoms with Crippen molar-refractivity contribution in [2.24, 2.45) is 0 Å². The number of nitrogens with one attached hydrogen (secondary N) is 1. The molecule has 4 nitrogen and oxygen atoms in total. The Morgan fingerprint density at radius 2 is 1.79 bits per heavy atom. The molecule has 0 aliphatic carbocycles. The summed E-state index contributed by atoms with van der Waals surface area (Å²) in [5.74, 6) is 2.44. The number of halogens is 1. The van der Waals surface area contributed by atoms with Gasteiger partial charge in [-0.1, -0.05) is 48.0 Å². The van der Waals surface area contributed by atoms with Crippen LogP contribution in [0.25, 0.3) is 0 Å². The number of hydrogen-bond acceptors (Lipinski definition) is 4. The van der Waals surface area contributed by atoms with Gasteiger partial charge >= 0.3 is 0 Å². The molecule has 0 atom stereocenters. The number of thioether (sulfide) groups is 1. The molecule has 0 aliphatic heterocycles. The molecule has 1 N–H and O–H groups in total. The lowest BCUT2D eigenvalue weighted by molar-refractivity contribution is 0.0925. The number of anilines is 1. The van der Waals surface area contributed by atoms with Crippen molar-refractivity contribution < 1.29 is 9.21 Å². The monoisotopic (exact) mass is 428 g/mol. The summed E-state index contributed by atoms with van der Waals surface area (Å²) in [7, 11) is 0. The molecule has 0 saturated heterocycles. The van der Waals surface area contributed by atoms with E-state index in [0.29, 0.717) is 18.1 Å². The third kappa shape index (κ3) is 6.31. The van der Waals surface area contributed by atoms with Crippen LogP contribution in [-0.4, -0.2) is 25.5 Å². The van der Waals surface area contributed by atoms with Gasteiger partial charge < -0.3 is 14.6 Å². The second-order valence-corrected chi connectivity index (χ2v) is 7.91. The normalized spacial score (nSPS) is 10.7. The van der Waals surface area contributed by atoms with Crippen LogP contribution in [0.5, 0.6) is 0 Å². The minimum atomic E-state index is -0.184. The molecule has 6 heteroatoms. The fourth-order valence-electron chi connectivity index (χ4n) is 2.95. The predicted molar refractivity (Wildman–Crippen MR) is 122 cm³/mol. The van der Waals surface area contributed by atoms with Crippen LogP contribution < -0.4 is 10.2 Å². The standard InChI is InChI=1S/C23H25ClN2O2S/c1-2-26(19-9-4-3-5-10-19)15-14-25-23(27)22-13-12-20(28-22)17-29-16-18-8-6-7-11-21(18)24/h3-13H,2,14-17H2,1H3,(H,25,27). The third-order valence-electron chi connectivity index (χ3n) is 4.52. The zero-order valence-corrected chi connectivity index (χ0v) is 18.0. The number of furan rings is 1. The number of carbonyl (C=O) groups excluding carboxylic acids is 1. The summed E-state index contributed by atoms with van der Waals surface area (Å²) in [6, 6.07) is 21.6. The Labute approximate surface area is 181 Å². The van der Waals surface area contributed by atoms with E-state index in [-0.39, 0.29) is 5.91 Å². The van der Waals surface area contributed by atoms with Gasteiger partial charge in [0, 0.05) is 36.1 Å². The fraction of sp³-hybridized carbons (Fsp3) is 0.261. The maximum atomic E-state index is 12.4. The molecule has 0 saturated carbocycles. The third-order valence-corrected chi connectivity index (χ3v) is 5.89. The van der Waals surface area contributed by atoms with Crippen molar-refractivity contribution in [1.82, 2.24) is 5.32 Å². The molecule has 0 aliphatic rings. The van der Waals surface area contributed by atoms with Crippen LogP contribution in [0.15, 0.2) is 71.1 Å². The average molecular weight is 429 g/mol. The van der Waals surface area contributed by atoms with E-state index in [0.717, 1.165) is 40.9 Å². The summed E-state index contributed by atoms with van der Waals surface area (Å²) >= 11 is 7.88. The lowest BCUT2D eigenvalue weighted by Gasteiger charge is -2.23. The van der Waals surface area contributed by atoms with Crippen molar-refractivity contribution in [3.63, 3.8) is 0 Å². The highest BCUT2D eigenvalue weighted by Crippen LogP contribution is 2.24. The van der Waals surface area contributed by atoms with Crippen molar-refractivity contribution in [2.75, 3.05) is 24.5 Å². The molecule has 1 aromatic heterocycles. The van der Waals surface area contributed by atoms with E-state index in [1.165, 1.54) is 0 Å². The summed E-state index contributed by atoms with van der Waals surface area (Å²) in [4.78, 5) is 14.6. The zero-order valence-electron chi connectivity index (χ0n) is 16.4. The van der Waals surface area contributed by atoms with Crippen LogP contribution in [0, 0.1) is 0 Å². The van der Waals surface area contributed by atoms with Crippen LogP contribution in [0.3, 0.4) is 0 Å². The first-order valence-corrected chi connectivity index (χ1v) is 11.2. The summed E-state index contributed by atoms with van der Waals surface area (Å²) in [5, 5.41) is 3.71. The van der Waals surface area contributed by atoms with E-state index in [1.807, 2.05) is 48.5 Å². The molecule has 0 spiro atoms. The molecule has 0 unspecified atom stereocenters. The first-order valence-electron chi connectivity index (χ1n) is 9.65. The van der Waals surface area contributed by atoms with Crippen LogP contribution in [-0.2, 0) is 11.5 Å². The van der Waals surface area contributed by atoms with E-state index >= 15 is 0 Å². The van der Waals surface area contributed by atoms with Gasteiger partial charge in [-0.2, -0.15) is 0 Å². The molecule has 1 amide bonds. The zero-order chi connectivity index (χ0) is 20.5. The SMILES string of the molecule is CCN(CCNC(=O)c1ccc(CSCc2ccccc2Cl)o1)c1ccccc1. The van der Waals surface area contributed by atoms with Crippen LogP contribution >= 0.6 is 23.4 Å². The first kappa shape index (κ1) is 21.3. The van der Waals surface area contributed by atoms with Gasteiger partial charge in [-0.25, -0.2) is 0 Å². The largest absolute Gasteiger partial charge is 0.455 e. The minimum Gasteiger partial charge on any atom is -0.455 e. The van der Waals surface area contributed by atoms with Gasteiger partial charge in [-0.3, -0.25) is 4.79 Å². The molecule has 0 radical (unpaired) electrons. The Bertz CT molecular complexity index is 914. The fourth-order valence-corrected chi connectivity index (χ4v) is 4.17. The minimum absolute atomic E-state index is 0.184. The van der Waals surface area contributed by atoms with Crippen LogP contribution in [0.2, 0.25) is 5.02 Å². The maximum Gasteiger partial charge on any atom is 0.287 e. The number of para-hydroxylation sites is 1. The lowest BCUT2D eigenvalue weighted by atomic mass is 10.2. The molecule has 2 aromatic carbocycles. The number of rotatable bonds is 10. The van der Waals surface area contributed by atoms with Gasteiger partial charge in [-0.15, -0.1) is 11.8 Å². The summed E-state index contributed by atoms with van der Waals surface area (Å²) in [5.41, 5.74) is 2.25. The van der Waals surface area contributed by atoms with Crippen LogP contribution in [0.1, 0.15) is 28.8 Å². The Kier molecular flexibility index (Phi) is 8.08. The molecular formula is C23H25ClN2O2S. The number of hydrogen-bond donors (Lipinski definition) is 1. The van der Waals surface area contributed by atoms with Gasteiger partial charge in [-0.05, 0) is 42.8 Å². The summed E-state index contributed by atoms with van der Waals surface area (Å²) in [6.45, 7) is 4.29. The number of carbonyl (C=O) groups is 1. The Morgan fingerprint density at radius 3 is 2.55 bits per heavy atom. The van der Waals surface area contributed by atoms with Crippen molar-refractivity contribution in [3.05, 3.63) is 88.8 Å². The van der Waals surface area contributed by atoms with E-state index in [4.69, 9.17) is 16.0 Å². The smallest absolute Gasteiger partial charge is 0.287 e. The first-order chi connectivity index (χ1) is 14.2. The highest BCUT2D eigenvalue weighted by Gasteiger charge is 2.12. The summed E-state index contributed by atoms with van der Waals surface area (Å²) in [6.07, 6.45) is 0. The molecule has 3 rings (SSSR count). The highest BCUT2D eigenvalue weighted by atomic mass is 35.5. The maximum absolute atomic E-state index is 12.4. The van der Waals surface area contributed by atoms with E-state index in [9.17, 15) is 4.79 Å². The number of amides is 1. The average Bonchev–Trinajstić information content (AvgIpc) is 3.22. The van der Waals surface area contributed by atoms with Crippen molar-refractivity contribution in [1.29, 1.82) is 0 Å². The Hall–Kier alpha value is -2.37. The van der Waals surface area contributed by atoms with E-state index in [2.05, 4.69) is 29.3 Å². The molecule has 29 heavy (non-hydrogen) atoms. The molecule has 152 valence electrons. The van der Waals surface area contributed by atoms with E-state index in [1.54, 1.807) is 17.8 Å². The topological polar surface area (TPSA) is 45.5 Å². The number of likely N-dealkylation sites (N-methyl/N-ethyl adjacent to an activating group) is 1. The number of benzene rings is 2. The Balaban J connectivity index is 1.43. The second-order valence-electron chi connectivity index (χ2n) is 6.52. The van der Waals surface area contributed by atoms with Crippen molar-refractivity contribution in [2.45, 2.75) is 18.4 Å². The molecule has 0 bridgehead atoms. The van der Waals surface area contributed by atoms with Gasteiger partial charge in [0.25, 0.3) is 5.91 Å². The van der Waals surface area contributed by atoms with E-state index < -0.39 is 0 Å². The van der Waals surface area contributed by atoms with Gasteiger partial charge in [0.2, 0.25) is 0 Å². The highest BCUT2D eigenvalue weighted by molar-refractivity contribution is 7.97. The summed E-state index contributed by atoms with van der Waals surface area (Å²) < 4.78 is 5.70. The second kappa shape index (κ2) is 11.0. The van der Waals surface area contributed by atoms with Crippen LogP contribution in [0.4, 0.5) is 5.69 Å². The molecule has 1 heterocycles. The number of nitrogens with zero attached hydrogens (tertiary/aromatic N) is 1. The predicted octanol–water partition coefficient (Wildman–Crippen LogP) is 5.62. The van der Waals surface area contributed by atoms with Gasteiger partial charge in [0.1, 0.15) is 5.76 Å². The quantitative estimate of drug-likeness (QED) is 0.455. The molecule has 0 fully saturated rings. The van der Waals surface area contributed by atoms with Crippen molar-refractivity contribution >= 4 is 35.0 Å². The van der Waals surface area contributed by atoms with Crippen molar-refractivity contribution in [3.8, 4) is 0 Å². The molecular weight excluding hydrogens is 404 g/mol. The molecule has 3 aromatic rings. The van der Waals surface area contributed by atoms with Gasteiger partial charge in [0.05, 0.1) is 5.75 Å². The Morgan fingerprint density at radius 1 is 1.03 bits per heavy atom. The van der Waals surface area contributed by atoms with Gasteiger partial charge in [0.15, 0.2) is 5.76 Å².